The predicted octanol–water partition coefficient (Wildman–Crippen LogP) is 2.16. The molecule has 0 fully saturated rings. The number of hydrogen-bond acceptors (Lipinski definition) is 4. The van der Waals surface area contributed by atoms with Gasteiger partial charge in [-0.25, -0.2) is 4.79 Å². The van der Waals surface area contributed by atoms with E-state index in [1.165, 1.54) is 0 Å². The summed E-state index contributed by atoms with van der Waals surface area (Å²) in [5.41, 5.74) is 0.872. The van der Waals surface area contributed by atoms with Crippen LogP contribution in [0.25, 0.3) is 0 Å². The van der Waals surface area contributed by atoms with Gasteiger partial charge in [-0.3, -0.25) is 4.79 Å². The second kappa shape index (κ2) is 7.31. The number of ketones is 1. The Bertz CT molecular complexity index is 443. The Morgan fingerprint density at radius 2 is 1.95 bits per heavy atom. The van der Waals surface area contributed by atoms with Crippen LogP contribution in [0.5, 0.6) is 0 Å². The molecule has 1 aromatic rings. The molecule has 0 aliphatic heterocycles. The van der Waals surface area contributed by atoms with Crippen molar-refractivity contribution < 1.29 is 14.3 Å². The monoisotopic (exact) mass is 262 g/mol. The van der Waals surface area contributed by atoms with Crippen molar-refractivity contribution in [2.75, 3.05) is 0 Å². The molecular formula is C14H18N2O3. The van der Waals surface area contributed by atoms with Crippen molar-refractivity contribution in [3.63, 3.8) is 0 Å². The van der Waals surface area contributed by atoms with Gasteiger partial charge in [0.15, 0.2) is 5.78 Å². The number of benzene rings is 1. The Hall–Kier alpha value is -2.17. The molecule has 102 valence electrons. The maximum atomic E-state index is 11.6. The Morgan fingerprint density at radius 1 is 1.32 bits per heavy atom. The molecule has 0 heterocycles. The normalized spacial score (nSPS) is 11.7. The van der Waals surface area contributed by atoms with Gasteiger partial charge in [-0.2, -0.15) is 0 Å². The average Bonchev–Trinajstić information content (AvgIpc) is 2.42. The second-order valence-corrected chi connectivity index (χ2v) is 4.47. The minimum Gasteiger partial charge on any atom is -0.445 e. The number of carbonyl (C=O) groups excluding carboxylic acids is 2. The zero-order chi connectivity index (χ0) is 14.3. The lowest BCUT2D eigenvalue weighted by molar-refractivity contribution is -0.115. The molecule has 0 radical (unpaired) electrons. The van der Waals surface area contributed by atoms with Gasteiger partial charge in [-0.1, -0.05) is 44.2 Å². The highest BCUT2D eigenvalue weighted by Gasteiger charge is 2.22. The summed E-state index contributed by atoms with van der Waals surface area (Å²) in [7, 11) is 0. The fourth-order valence-electron chi connectivity index (χ4n) is 1.55. The first-order valence-corrected chi connectivity index (χ1v) is 6.06. The lowest BCUT2D eigenvalue weighted by atomic mass is 10.0. The lowest BCUT2D eigenvalue weighted by Crippen LogP contribution is -2.45. The first-order valence-electron chi connectivity index (χ1n) is 6.06. The van der Waals surface area contributed by atoms with Crippen LogP contribution in [0, 0.1) is 11.3 Å². The van der Waals surface area contributed by atoms with E-state index >= 15 is 0 Å². The zero-order valence-corrected chi connectivity index (χ0v) is 11.1. The van der Waals surface area contributed by atoms with Crippen LogP contribution in [0.1, 0.15) is 19.4 Å². The molecule has 0 saturated carbocycles. The summed E-state index contributed by atoms with van der Waals surface area (Å²) in [6.07, 6.45) is 0.0556. The molecule has 0 aliphatic carbocycles. The molecule has 5 heteroatoms. The van der Waals surface area contributed by atoms with Crippen LogP contribution in [0.15, 0.2) is 30.3 Å². The fraction of sp³-hybridized carbons (Fsp3) is 0.357. The third kappa shape index (κ3) is 4.91. The predicted molar refractivity (Wildman–Crippen MR) is 72.2 cm³/mol. The van der Waals surface area contributed by atoms with E-state index in [1.54, 1.807) is 13.8 Å². The lowest BCUT2D eigenvalue weighted by Gasteiger charge is -2.18. The highest BCUT2D eigenvalue weighted by molar-refractivity contribution is 6.29. The van der Waals surface area contributed by atoms with E-state index in [4.69, 9.17) is 10.1 Å². The molecule has 0 unspecified atom stereocenters. The molecule has 0 aromatic heterocycles. The molecule has 0 spiro atoms. The molecule has 0 bridgehead atoms. The summed E-state index contributed by atoms with van der Waals surface area (Å²) < 4.78 is 5.03. The topological polar surface area (TPSA) is 79.2 Å². The first kappa shape index (κ1) is 14.9. The van der Waals surface area contributed by atoms with Gasteiger partial charge < -0.3 is 15.5 Å². The van der Waals surface area contributed by atoms with Gasteiger partial charge in [-0.15, -0.1) is 0 Å². The van der Waals surface area contributed by atoms with Gasteiger partial charge in [0.05, 0.1) is 12.3 Å². The third-order valence-electron chi connectivity index (χ3n) is 2.60. The third-order valence-corrected chi connectivity index (χ3v) is 2.60. The average molecular weight is 262 g/mol. The first-order chi connectivity index (χ1) is 9.04. The van der Waals surface area contributed by atoms with Crippen LogP contribution in [0.3, 0.4) is 0 Å². The Balaban J connectivity index is 2.49. The Morgan fingerprint density at radius 3 is 2.47 bits per heavy atom. The molecule has 0 saturated heterocycles. The minimum absolute atomic E-state index is 0.0987. The highest BCUT2D eigenvalue weighted by Crippen LogP contribution is 2.04. The summed E-state index contributed by atoms with van der Waals surface area (Å²) >= 11 is 0. The van der Waals surface area contributed by atoms with Crippen LogP contribution < -0.4 is 5.32 Å². The van der Waals surface area contributed by atoms with E-state index in [-0.39, 0.29) is 12.5 Å². The van der Waals surface area contributed by atoms with Crippen molar-refractivity contribution in [3.8, 4) is 0 Å². The molecule has 2 N–H and O–H groups in total. The Labute approximate surface area is 112 Å². The minimum atomic E-state index is -0.722. The number of Topliss-reactive ketones (excluding diaryl/α,β-unsaturated/α-hetero) is 1. The summed E-state index contributed by atoms with van der Waals surface area (Å²) in [4.78, 5) is 23.0. The largest absolute Gasteiger partial charge is 0.445 e. The molecule has 0 aliphatic rings. The van der Waals surface area contributed by atoms with E-state index in [1.807, 2.05) is 30.3 Å². The van der Waals surface area contributed by atoms with Crippen molar-refractivity contribution >= 4 is 18.1 Å². The molecular weight excluding hydrogens is 244 g/mol. The van der Waals surface area contributed by atoms with Gasteiger partial charge in [0.2, 0.25) is 0 Å². The molecule has 19 heavy (non-hydrogen) atoms. The number of alkyl carbamates (subject to hydrolysis) is 1. The van der Waals surface area contributed by atoms with Crippen molar-refractivity contribution in [1.82, 2.24) is 5.32 Å². The summed E-state index contributed by atoms with van der Waals surface area (Å²) in [5.74, 6) is -0.537. The van der Waals surface area contributed by atoms with E-state index in [9.17, 15) is 9.59 Å². The molecule has 1 atom stereocenters. The van der Waals surface area contributed by atoms with Crippen LogP contribution in [-0.4, -0.2) is 24.1 Å². The fourth-order valence-corrected chi connectivity index (χ4v) is 1.55. The van der Waals surface area contributed by atoms with Crippen LogP contribution in [-0.2, 0) is 16.1 Å². The number of carbonyl (C=O) groups is 2. The van der Waals surface area contributed by atoms with Gasteiger partial charge in [-0.05, 0) is 11.5 Å². The van der Waals surface area contributed by atoms with E-state index in [0.717, 1.165) is 5.56 Å². The maximum absolute atomic E-state index is 11.6. The summed E-state index contributed by atoms with van der Waals surface area (Å²) in [5, 5.41) is 9.42. The zero-order valence-electron chi connectivity index (χ0n) is 11.1. The van der Waals surface area contributed by atoms with Crippen molar-refractivity contribution in [1.29, 1.82) is 5.41 Å². The number of amides is 1. The summed E-state index contributed by atoms with van der Waals surface area (Å²) in [6, 6.07) is 8.55. The van der Waals surface area contributed by atoms with E-state index < -0.39 is 17.9 Å². The smallest absolute Gasteiger partial charge is 0.408 e. The second-order valence-electron chi connectivity index (χ2n) is 4.47. The van der Waals surface area contributed by atoms with Crippen LogP contribution >= 0.6 is 0 Å². The SMILES string of the molecule is CC(C)[C@@H](NC(=O)OCc1ccccc1)C(=O)C=N. The van der Waals surface area contributed by atoms with Gasteiger partial charge in [0.1, 0.15) is 6.61 Å². The van der Waals surface area contributed by atoms with Crippen LogP contribution in [0.4, 0.5) is 4.79 Å². The molecule has 1 aromatic carbocycles. The number of hydrogen-bond donors (Lipinski definition) is 2. The van der Waals surface area contributed by atoms with Crippen molar-refractivity contribution in [2.24, 2.45) is 5.92 Å². The maximum Gasteiger partial charge on any atom is 0.408 e. The highest BCUT2D eigenvalue weighted by atomic mass is 16.5. The van der Waals surface area contributed by atoms with Crippen molar-refractivity contribution in [2.45, 2.75) is 26.5 Å². The Kier molecular flexibility index (Phi) is 5.73. The molecule has 1 rings (SSSR count). The van der Waals surface area contributed by atoms with Gasteiger partial charge >= 0.3 is 6.09 Å². The van der Waals surface area contributed by atoms with E-state index in [0.29, 0.717) is 6.21 Å². The van der Waals surface area contributed by atoms with E-state index in [2.05, 4.69) is 5.32 Å². The quantitative estimate of drug-likeness (QED) is 0.771. The number of rotatable bonds is 6. The van der Waals surface area contributed by atoms with Crippen LogP contribution in [0.2, 0.25) is 0 Å². The van der Waals surface area contributed by atoms with Gasteiger partial charge in [0.25, 0.3) is 0 Å². The standard InChI is InChI=1S/C14H18N2O3/c1-10(2)13(12(17)8-15)16-14(18)19-9-11-6-4-3-5-7-11/h3-8,10,13,15H,9H2,1-2H3,(H,16,18)/t13-/m1/s1. The number of ether oxygens (including phenoxy) is 1. The van der Waals surface area contributed by atoms with Crippen molar-refractivity contribution in [3.05, 3.63) is 35.9 Å². The number of nitrogens with one attached hydrogen (secondary N) is 2. The molecule has 5 nitrogen and oxygen atoms in total. The summed E-state index contributed by atoms with van der Waals surface area (Å²) in [6.45, 7) is 3.74. The molecule has 1 amide bonds. The van der Waals surface area contributed by atoms with Gasteiger partial charge in [0, 0.05) is 0 Å².